The zero-order valence-electron chi connectivity index (χ0n) is 10.8. The van der Waals surface area contributed by atoms with Crippen LogP contribution in [0.25, 0.3) is 0 Å². The van der Waals surface area contributed by atoms with E-state index in [1.54, 1.807) is 0 Å². The van der Waals surface area contributed by atoms with Crippen molar-refractivity contribution in [2.75, 3.05) is 7.11 Å². The third-order valence-electron chi connectivity index (χ3n) is 3.24. The minimum Gasteiger partial charge on any atom is -0.469 e. The van der Waals surface area contributed by atoms with E-state index < -0.39 is 5.79 Å². The summed E-state index contributed by atoms with van der Waals surface area (Å²) in [6.45, 7) is 5.80. The molecule has 0 bridgehead atoms. The highest BCUT2D eigenvalue weighted by Gasteiger charge is 2.54. The molecule has 0 aromatic heterocycles. The van der Waals surface area contributed by atoms with Gasteiger partial charge in [-0.25, -0.2) is 0 Å². The van der Waals surface area contributed by atoms with Crippen molar-refractivity contribution in [2.45, 2.75) is 63.8 Å². The maximum absolute atomic E-state index is 11.3. The molecule has 2 saturated heterocycles. The van der Waals surface area contributed by atoms with E-state index in [9.17, 15) is 4.79 Å². The van der Waals surface area contributed by atoms with Crippen LogP contribution in [0.15, 0.2) is 0 Å². The summed E-state index contributed by atoms with van der Waals surface area (Å²) in [6.07, 6.45) is 0.542. The maximum atomic E-state index is 11.3. The molecule has 0 N–H and O–H groups in total. The van der Waals surface area contributed by atoms with Crippen LogP contribution >= 0.6 is 0 Å². The van der Waals surface area contributed by atoms with Gasteiger partial charge in [0.1, 0.15) is 12.2 Å². The highest BCUT2D eigenvalue weighted by Crippen LogP contribution is 2.40. The Labute approximate surface area is 101 Å². The summed E-state index contributed by atoms with van der Waals surface area (Å²) in [7, 11) is 1.38. The molecule has 0 aromatic rings. The Morgan fingerprint density at radius 1 is 1.24 bits per heavy atom. The summed E-state index contributed by atoms with van der Waals surface area (Å²) < 4.78 is 22.1. The summed E-state index contributed by atoms with van der Waals surface area (Å²) in [5, 5.41) is 0. The van der Waals surface area contributed by atoms with Gasteiger partial charge in [-0.15, -0.1) is 0 Å². The maximum Gasteiger partial charge on any atom is 0.308 e. The van der Waals surface area contributed by atoms with Crippen LogP contribution in [0, 0.1) is 0 Å². The van der Waals surface area contributed by atoms with Crippen molar-refractivity contribution >= 4 is 5.97 Å². The van der Waals surface area contributed by atoms with Crippen LogP contribution in [0.1, 0.15) is 33.6 Å². The average molecular weight is 244 g/mol. The van der Waals surface area contributed by atoms with E-state index in [1.807, 2.05) is 20.8 Å². The van der Waals surface area contributed by atoms with Crippen molar-refractivity contribution in [1.82, 2.24) is 0 Å². The number of methoxy groups -OCH3 is 1. The fraction of sp³-hybridized carbons (Fsp3) is 0.917. The normalized spacial score (nSPS) is 39.1. The molecule has 0 spiro atoms. The van der Waals surface area contributed by atoms with Crippen molar-refractivity contribution in [3.63, 3.8) is 0 Å². The average Bonchev–Trinajstić information content (AvgIpc) is 2.73. The van der Waals surface area contributed by atoms with E-state index in [2.05, 4.69) is 4.74 Å². The molecule has 2 heterocycles. The Hall–Kier alpha value is -0.650. The van der Waals surface area contributed by atoms with Gasteiger partial charge in [0.2, 0.25) is 0 Å². The van der Waals surface area contributed by atoms with Crippen molar-refractivity contribution < 1.29 is 23.7 Å². The quantitative estimate of drug-likeness (QED) is 0.699. The van der Waals surface area contributed by atoms with Gasteiger partial charge < -0.3 is 18.9 Å². The van der Waals surface area contributed by atoms with Crippen molar-refractivity contribution in [3.8, 4) is 0 Å². The van der Waals surface area contributed by atoms with E-state index in [1.165, 1.54) is 7.11 Å². The van der Waals surface area contributed by atoms with Crippen LogP contribution in [0.2, 0.25) is 0 Å². The van der Waals surface area contributed by atoms with Gasteiger partial charge in [-0.2, -0.15) is 0 Å². The zero-order chi connectivity index (χ0) is 12.6. The predicted molar refractivity (Wildman–Crippen MR) is 59.4 cm³/mol. The van der Waals surface area contributed by atoms with Gasteiger partial charge in [0.15, 0.2) is 5.79 Å². The molecule has 0 saturated carbocycles. The number of hydrogen-bond donors (Lipinski definition) is 0. The molecule has 0 amide bonds. The number of carbonyl (C=O) groups is 1. The lowest BCUT2D eigenvalue weighted by Gasteiger charge is -2.23. The fourth-order valence-electron chi connectivity index (χ4n) is 2.51. The molecule has 2 aliphatic heterocycles. The predicted octanol–water partition coefficient (Wildman–Crippen LogP) is 1.25. The molecule has 0 aromatic carbocycles. The van der Waals surface area contributed by atoms with Crippen LogP contribution in [-0.2, 0) is 23.7 Å². The second-order valence-corrected chi connectivity index (χ2v) is 4.97. The van der Waals surface area contributed by atoms with Gasteiger partial charge in [-0.1, -0.05) is 6.92 Å². The van der Waals surface area contributed by atoms with E-state index in [4.69, 9.17) is 14.2 Å². The molecule has 1 unspecified atom stereocenters. The van der Waals surface area contributed by atoms with Gasteiger partial charge in [-0.05, 0) is 20.3 Å². The van der Waals surface area contributed by atoms with Gasteiger partial charge in [0.25, 0.3) is 0 Å². The topological polar surface area (TPSA) is 54.0 Å². The molecule has 4 atom stereocenters. The van der Waals surface area contributed by atoms with Gasteiger partial charge in [-0.3, -0.25) is 4.79 Å². The summed E-state index contributed by atoms with van der Waals surface area (Å²) >= 11 is 0. The van der Waals surface area contributed by atoms with Crippen molar-refractivity contribution in [3.05, 3.63) is 0 Å². The molecule has 0 aliphatic carbocycles. The number of ether oxygens (including phenoxy) is 4. The first-order valence-electron chi connectivity index (χ1n) is 6.04. The van der Waals surface area contributed by atoms with E-state index >= 15 is 0 Å². The number of esters is 1. The van der Waals surface area contributed by atoms with Crippen LogP contribution < -0.4 is 0 Å². The second kappa shape index (κ2) is 4.55. The molecular formula is C12H20O5. The van der Waals surface area contributed by atoms with Crippen LogP contribution in [-0.4, -0.2) is 43.3 Å². The lowest BCUT2D eigenvalue weighted by Crippen LogP contribution is -2.31. The Kier molecular flexibility index (Phi) is 3.43. The minimum atomic E-state index is -0.596. The monoisotopic (exact) mass is 244 g/mol. The first kappa shape index (κ1) is 12.8. The van der Waals surface area contributed by atoms with Gasteiger partial charge >= 0.3 is 5.97 Å². The summed E-state index contributed by atoms with van der Waals surface area (Å²) in [6, 6.07) is 0. The van der Waals surface area contributed by atoms with Crippen LogP contribution in [0.3, 0.4) is 0 Å². The van der Waals surface area contributed by atoms with Crippen LogP contribution in [0.5, 0.6) is 0 Å². The van der Waals surface area contributed by atoms with Crippen LogP contribution in [0.4, 0.5) is 0 Å². The molecule has 98 valence electrons. The molecule has 5 nitrogen and oxygen atoms in total. The fourth-order valence-corrected chi connectivity index (χ4v) is 2.51. The Balaban J connectivity index is 2.07. The van der Waals surface area contributed by atoms with E-state index in [0.29, 0.717) is 0 Å². The minimum absolute atomic E-state index is 0.00330. The Bertz CT molecular complexity index is 301. The zero-order valence-corrected chi connectivity index (χ0v) is 10.8. The third-order valence-corrected chi connectivity index (χ3v) is 3.24. The number of carbonyl (C=O) groups excluding carboxylic acids is 1. The smallest absolute Gasteiger partial charge is 0.308 e. The standard InChI is InChI=1S/C12H20O5/c1-5-7-10-11(17-12(2,3)16-10)8(15-7)6-9(13)14-4/h7-8,10-11H,5-6H2,1-4H3/t7-,8?,10-,11+/m1/s1. The van der Waals surface area contributed by atoms with E-state index in [-0.39, 0.29) is 36.8 Å². The molecule has 2 rings (SSSR count). The van der Waals surface area contributed by atoms with Crippen molar-refractivity contribution in [1.29, 1.82) is 0 Å². The summed E-state index contributed by atoms with van der Waals surface area (Å²) in [4.78, 5) is 11.3. The highest BCUT2D eigenvalue weighted by molar-refractivity contribution is 5.70. The molecular weight excluding hydrogens is 224 g/mol. The summed E-state index contributed by atoms with van der Waals surface area (Å²) in [5.41, 5.74) is 0. The van der Waals surface area contributed by atoms with Crippen molar-refractivity contribution in [2.24, 2.45) is 0 Å². The highest BCUT2D eigenvalue weighted by atomic mass is 16.8. The SMILES string of the molecule is CC[C@H]1OC(CC(=O)OC)[C@@H]2OC(C)(C)O[C@H]12. The largest absolute Gasteiger partial charge is 0.469 e. The second-order valence-electron chi connectivity index (χ2n) is 4.97. The van der Waals surface area contributed by atoms with Gasteiger partial charge in [0.05, 0.1) is 25.7 Å². The molecule has 0 radical (unpaired) electrons. The molecule has 5 heteroatoms. The number of hydrogen-bond acceptors (Lipinski definition) is 5. The lowest BCUT2D eigenvalue weighted by atomic mass is 10.0. The Morgan fingerprint density at radius 2 is 1.82 bits per heavy atom. The summed E-state index contributed by atoms with van der Waals surface area (Å²) in [5.74, 6) is -0.875. The molecule has 2 aliphatic rings. The first-order valence-corrected chi connectivity index (χ1v) is 6.04. The van der Waals surface area contributed by atoms with E-state index in [0.717, 1.165) is 6.42 Å². The number of rotatable bonds is 3. The lowest BCUT2D eigenvalue weighted by molar-refractivity contribution is -0.189. The third kappa shape index (κ3) is 2.46. The first-order chi connectivity index (χ1) is 7.96. The number of fused-ring (bicyclic) bond motifs is 1. The molecule has 17 heavy (non-hydrogen) atoms. The Morgan fingerprint density at radius 3 is 2.35 bits per heavy atom. The molecule has 2 fully saturated rings. The van der Waals surface area contributed by atoms with Gasteiger partial charge in [0, 0.05) is 0 Å².